The van der Waals surface area contributed by atoms with Crippen molar-refractivity contribution in [2.75, 3.05) is 0 Å². The molecular weight excluding hydrogens is 243 g/mol. The van der Waals surface area contributed by atoms with Gasteiger partial charge in [-0.25, -0.2) is 0 Å². The summed E-state index contributed by atoms with van der Waals surface area (Å²) in [5.74, 6) is 0. The second kappa shape index (κ2) is 6.93. The Morgan fingerprint density at radius 2 is 1.90 bits per heavy atom. The summed E-state index contributed by atoms with van der Waals surface area (Å²) < 4.78 is 0. The summed E-state index contributed by atoms with van der Waals surface area (Å²) in [7, 11) is 0. The SMILES string of the molecule is [C-]#[N+]c1cc[c-]cc1.[Zn+][Br]. The van der Waals surface area contributed by atoms with Crippen molar-refractivity contribution in [3.63, 3.8) is 0 Å². The minimum atomic E-state index is 0.670. The van der Waals surface area contributed by atoms with E-state index in [2.05, 4.69) is 24.5 Å². The Kier molecular flexibility index (Phi) is 6.80. The van der Waals surface area contributed by atoms with Gasteiger partial charge in [-0.15, -0.1) is 0 Å². The van der Waals surface area contributed by atoms with Gasteiger partial charge >= 0.3 is 30.0 Å². The first-order valence-corrected chi connectivity index (χ1v) is 9.48. The zero-order valence-electron chi connectivity index (χ0n) is 5.34. The fourth-order valence-corrected chi connectivity index (χ4v) is 0.453. The summed E-state index contributed by atoms with van der Waals surface area (Å²) in [6, 6.07) is 9.74. The Morgan fingerprint density at radius 1 is 1.40 bits per heavy atom. The van der Waals surface area contributed by atoms with E-state index in [0.29, 0.717) is 5.69 Å². The van der Waals surface area contributed by atoms with E-state index in [1.54, 1.807) is 24.3 Å². The molecule has 0 fully saturated rings. The van der Waals surface area contributed by atoms with E-state index >= 15 is 0 Å². The summed E-state index contributed by atoms with van der Waals surface area (Å²) in [5, 5.41) is 0. The Morgan fingerprint density at radius 3 is 2.20 bits per heavy atom. The third-order valence-electron chi connectivity index (χ3n) is 0.830. The van der Waals surface area contributed by atoms with Gasteiger partial charge in [-0.2, -0.15) is 30.3 Å². The van der Waals surface area contributed by atoms with Crippen molar-refractivity contribution in [2.24, 2.45) is 0 Å². The monoisotopic (exact) mass is 245 g/mol. The summed E-state index contributed by atoms with van der Waals surface area (Å²) in [5.41, 5.74) is 0.670. The molecule has 10 heavy (non-hydrogen) atoms. The van der Waals surface area contributed by atoms with Crippen LogP contribution in [0.5, 0.6) is 0 Å². The zero-order chi connectivity index (χ0) is 7.82. The molecule has 0 amide bonds. The van der Waals surface area contributed by atoms with Crippen LogP contribution in [0.4, 0.5) is 5.69 Å². The van der Waals surface area contributed by atoms with Crippen molar-refractivity contribution in [2.45, 2.75) is 0 Å². The third-order valence-corrected chi connectivity index (χ3v) is 0.830. The van der Waals surface area contributed by atoms with Gasteiger partial charge in [0.1, 0.15) is 0 Å². The molecular formula is C7H4BrNZn. The van der Waals surface area contributed by atoms with Crippen LogP contribution < -0.4 is 0 Å². The van der Waals surface area contributed by atoms with E-state index in [9.17, 15) is 0 Å². The van der Waals surface area contributed by atoms with Gasteiger partial charge in [0, 0.05) is 0 Å². The number of nitrogens with zero attached hydrogens (tertiary/aromatic N) is 1. The van der Waals surface area contributed by atoms with Gasteiger partial charge in [-0.3, -0.25) is 4.85 Å². The van der Waals surface area contributed by atoms with Crippen LogP contribution >= 0.6 is 13.6 Å². The fraction of sp³-hybridized carbons (Fsp3) is 0. The van der Waals surface area contributed by atoms with Gasteiger partial charge < -0.3 is 0 Å². The van der Waals surface area contributed by atoms with Gasteiger partial charge in [-0.05, 0) is 0 Å². The molecule has 46 valence electrons. The second-order valence-corrected chi connectivity index (χ2v) is 1.37. The molecule has 0 atom stereocenters. The molecule has 0 saturated heterocycles. The molecule has 0 radical (unpaired) electrons. The number of hydrogen-bond acceptors (Lipinski definition) is 0. The molecule has 0 aliphatic rings. The molecule has 0 aromatic heterocycles. The topological polar surface area (TPSA) is 4.36 Å². The quantitative estimate of drug-likeness (QED) is 0.490. The van der Waals surface area contributed by atoms with Crippen molar-refractivity contribution in [3.05, 3.63) is 41.7 Å². The van der Waals surface area contributed by atoms with E-state index in [1.165, 1.54) is 16.3 Å². The van der Waals surface area contributed by atoms with Gasteiger partial charge in [0.15, 0.2) is 0 Å². The van der Waals surface area contributed by atoms with Crippen molar-refractivity contribution in [3.8, 4) is 0 Å². The fourth-order valence-electron chi connectivity index (χ4n) is 0.453. The molecule has 0 heterocycles. The van der Waals surface area contributed by atoms with Crippen molar-refractivity contribution >= 4 is 19.3 Å². The Balaban J connectivity index is 0.000000371. The predicted octanol–water partition coefficient (Wildman–Crippen LogP) is 2.88. The van der Waals surface area contributed by atoms with Gasteiger partial charge in [0.2, 0.25) is 0 Å². The van der Waals surface area contributed by atoms with Crippen LogP contribution in [0.1, 0.15) is 0 Å². The first kappa shape index (κ1) is 9.81. The second-order valence-electron chi connectivity index (χ2n) is 1.37. The standard InChI is InChI=1S/C7H4N.BrH.Zn/c1-8-7-5-3-2-4-6-7;;/h3-6H;1H;/q-1;;+2/p-1. The maximum absolute atomic E-state index is 6.55. The Labute approximate surface area is 77.3 Å². The van der Waals surface area contributed by atoms with Crippen molar-refractivity contribution < 1.29 is 16.3 Å². The van der Waals surface area contributed by atoms with Crippen LogP contribution in [0.2, 0.25) is 0 Å². The van der Waals surface area contributed by atoms with Gasteiger partial charge in [0.05, 0.1) is 12.3 Å². The Hall–Kier alpha value is -0.187. The van der Waals surface area contributed by atoms with E-state index < -0.39 is 0 Å². The molecule has 0 aliphatic carbocycles. The van der Waals surface area contributed by atoms with E-state index in [4.69, 9.17) is 6.57 Å². The molecule has 0 spiro atoms. The number of halogens is 1. The number of rotatable bonds is 0. The minimum absolute atomic E-state index is 0.670. The molecule has 3 heteroatoms. The molecule has 1 aromatic rings. The van der Waals surface area contributed by atoms with Crippen molar-refractivity contribution in [1.29, 1.82) is 0 Å². The number of hydrogen-bond donors (Lipinski definition) is 0. The Bertz CT molecular complexity index is 205. The van der Waals surface area contributed by atoms with Crippen LogP contribution in [0.25, 0.3) is 4.85 Å². The maximum atomic E-state index is 6.55. The predicted molar refractivity (Wildman–Crippen MR) is 40.5 cm³/mol. The van der Waals surface area contributed by atoms with Gasteiger partial charge in [-0.1, -0.05) is 0 Å². The average molecular weight is 247 g/mol. The van der Waals surface area contributed by atoms with Crippen LogP contribution in [-0.2, 0) is 16.3 Å². The van der Waals surface area contributed by atoms with Crippen LogP contribution in [0, 0.1) is 12.6 Å². The number of benzene rings is 1. The summed E-state index contributed by atoms with van der Waals surface area (Å²) in [6.07, 6.45) is 0. The normalized spacial score (nSPS) is 7.00. The molecule has 0 bridgehead atoms. The van der Waals surface area contributed by atoms with Crippen molar-refractivity contribution in [1.82, 2.24) is 0 Å². The summed E-state index contributed by atoms with van der Waals surface area (Å²) in [6.45, 7) is 6.55. The molecule has 0 N–H and O–H groups in total. The molecule has 0 aliphatic heterocycles. The molecule has 0 saturated carbocycles. The molecule has 1 nitrogen and oxygen atoms in total. The van der Waals surface area contributed by atoms with Crippen LogP contribution in [0.3, 0.4) is 0 Å². The van der Waals surface area contributed by atoms with E-state index in [1.807, 2.05) is 0 Å². The van der Waals surface area contributed by atoms with Gasteiger partial charge in [0.25, 0.3) is 0 Å². The zero-order valence-corrected chi connectivity index (χ0v) is 9.89. The van der Waals surface area contributed by atoms with E-state index in [0.717, 1.165) is 0 Å². The van der Waals surface area contributed by atoms with Crippen LogP contribution in [-0.4, -0.2) is 0 Å². The first-order chi connectivity index (χ1) is 4.93. The van der Waals surface area contributed by atoms with E-state index in [-0.39, 0.29) is 0 Å². The third kappa shape index (κ3) is 3.77. The van der Waals surface area contributed by atoms with Crippen LogP contribution in [0.15, 0.2) is 24.3 Å². The molecule has 0 unspecified atom stereocenters. The summed E-state index contributed by atoms with van der Waals surface area (Å²) in [4.78, 5) is 3.20. The first-order valence-electron chi connectivity index (χ1n) is 2.54. The molecule has 1 rings (SSSR count). The average Bonchev–Trinajstić information content (AvgIpc) is 2.10. The summed E-state index contributed by atoms with van der Waals surface area (Å²) >= 11 is 4.25. The molecule has 1 aromatic carbocycles.